The van der Waals surface area contributed by atoms with Crippen molar-refractivity contribution in [3.05, 3.63) is 61.0 Å². The zero-order valence-corrected chi connectivity index (χ0v) is 19.8. The molecular formula is C21H16Cl4N2O5. The summed E-state index contributed by atoms with van der Waals surface area (Å²) in [6.07, 6.45) is 0.701. The van der Waals surface area contributed by atoms with Crippen molar-refractivity contribution in [2.45, 2.75) is 26.3 Å². The fourth-order valence-corrected chi connectivity index (χ4v) is 4.23. The number of nitrogens with zero attached hydrogens (tertiary/aromatic N) is 1. The van der Waals surface area contributed by atoms with Crippen LogP contribution in [0, 0.1) is 0 Å². The molecule has 1 aliphatic heterocycles. The zero-order chi connectivity index (χ0) is 23.7. The Morgan fingerprint density at radius 1 is 0.969 bits per heavy atom. The number of rotatable bonds is 6. The Labute approximate surface area is 203 Å². The third kappa shape index (κ3) is 4.30. The monoisotopic (exact) mass is 516 g/mol. The number of halogens is 4. The topological polar surface area (TPSA) is 92.8 Å². The Morgan fingerprint density at radius 3 is 2.03 bits per heavy atom. The second-order valence-corrected chi connectivity index (χ2v) is 8.34. The third-order valence-corrected chi connectivity index (χ3v) is 6.68. The number of aryl methyl sites for hydroxylation is 1. The molecule has 0 saturated heterocycles. The first-order valence-electron chi connectivity index (χ1n) is 9.38. The minimum atomic E-state index is -1.36. The largest absolute Gasteiger partial charge is 0.454 e. The molecule has 0 aliphatic carbocycles. The van der Waals surface area contributed by atoms with E-state index in [4.69, 9.17) is 51.1 Å². The van der Waals surface area contributed by atoms with Crippen molar-refractivity contribution in [3.8, 4) is 0 Å². The quantitative estimate of drug-likeness (QED) is 0.251. The van der Waals surface area contributed by atoms with Gasteiger partial charge in [-0.2, -0.15) is 0 Å². The van der Waals surface area contributed by atoms with Crippen LogP contribution in [0.25, 0.3) is 0 Å². The molecule has 3 amide bonds. The predicted molar refractivity (Wildman–Crippen MR) is 122 cm³/mol. The summed E-state index contributed by atoms with van der Waals surface area (Å²) in [7, 11) is 0. The predicted octanol–water partition coefficient (Wildman–Crippen LogP) is 5.03. The van der Waals surface area contributed by atoms with E-state index in [2.05, 4.69) is 5.32 Å². The summed E-state index contributed by atoms with van der Waals surface area (Å²) >= 11 is 24.1. The van der Waals surface area contributed by atoms with Crippen LogP contribution < -0.4 is 5.32 Å². The number of esters is 1. The van der Waals surface area contributed by atoms with E-state index in [0.717, 1.165) is 5.56 Å². The van der Waals surface area contributed by atoms with E-state index in [1.807, 2.05) is 19.1 Å². The van der Waals surface area contributed by atoms with E-state index < -0.39 is 36.3 Å². The van der Waals surface area contributed by atoms with Crippen LogP contribution in [0.2, 0.25) is 20.1 Å². The van der Waals surface area contributed by atoms with Crippen LogP contribution in [0.5, 0.6) is 0 Å². The second-order valence-electron chi connectivity index (χ2n) is 6.83. The van der Waals surface area contributed by atoms with Crippen LogP contribution in [-0.4, -0.2) is 41.2 Å². The van der Waals surface area contributed by atoms with Gasteiger partial charge in [-0.15, -0.1) is 0 Å². The Kier molecular flexibility index (Phi) is 7.35. The summed E-state index contributed by atoms with van der Waals surface area (Å²) in [5, 5.41) is 1.81. The molecule has 2 aromatic carbocycles. The molecule has 0 spiro atoms. The van der Waals surface area contributed by atoms with E-state index in [9.17, 15) is 19.2 Å². The van der Waals surface area contributed by atoms with Gasteiger partial charge in [-0.3, -0.25) is 19.3 Å². The molecule has 7 nitrogen and oxygen atoms in total. The van der Waals surface area contributed by atoms with Gasteiger partial charge in [0.2, 0.25) is 0 Å². The summed E-state index contributed by atoms with van der Waals surface area (Å²) in [5.41, 5.74) is 1.02. The van der Waals surface area contributed by atoms with Crippen LogP contribution in [0.3, 0.4) is 0 Å². The minimum Gasteiger partial charge on any atom is -0.454 e. The first kappa shape index (κ1) is 24.3. The summed E-state index contributed by atoms with van der Waals surface area (Å²) in [4.78, 5) is 51.0. The van der Waals surface area contributed by atoms with E-state index in [-0.39, 0.29) is 31.2 Å². The van der Waals surface area contributed by atoms with Gasteiger partial charge >= 0.3 is 5.97 Å². The maximum Gasteiger partial charge on any atom is 0.329 e. The SMILES string of the molecule is CCc1ccccc1NC(=O)COC(=O)C(C)N1C(=O)c2c(Cl)c(Cl)c(Cl)c(Cl)c2C1=O. The van der Waals surface area contributed by atoms with Gasteiger partial charge in [0.15, 0.2) is 6.61 Å². The van der Waals surface area contributed by atoms with Crippen molar-refractivity contribution < 1.29 is 23.9 Å². The van der Waals surface area contributed by atoms with Crippen molar-refractivity contribution >= 4 is 75.8 Å². The third-order valence-electron chi connectivity index (χ3n) is 4.88. The lowest BCUT2D eigenvalue weighted by Crippen LogP contribution is -2.44. The molecule has 32 heavy (non-hydrogen) atoms. The zero-order valence-electron chi connectivity index (χ0n) is 16.8. The highest BCUT2D eigenvalue weighted by Gasteiger charge is 2.45. The molecule has 0 bridgehead atoms. The van der Waals surface area contributed by atoms with Crippen molar-refractivity contribution in [3.63, 3.8) is 0 Å². The average molecular weight is 518 g/mol. The van der Waals surface area contributed by atoms with Gasteiger partial charge in [-0.25, -0.2) is 4.79 Å². The van der Waals surface area contributed by atoms with Crippen LogP contribution in [0.1, 0.15) is 40.1 Å². The van der Waals surface area contributed by atoms with E-state index in [1.54, 1.807) is 12.1 Å². The van der Waals surface area contributed by atoms with Gasteiger partial charge in [0.1, 0.15) is 6.04 Å². The molecule has 1 aliphatic rings. The molecule has 0 radical (unpaired) electrons. The normalized spacial score (nSPS) is 13.8. The van der Waals surface area contributed by atoms with Gasteiger partial charge < -0.3 is 10.1 Å². The molecule has 0 fully saturated rings. The Balaban J connectivity index is 1.72. The van der Waals surface area contributed by atoms with Crippen LogP contribution in [0.15, 0.2) is 24.3 Å². The number of benzene rings is 2. The summed E-state index contributed by atoms with van der Waals surface area (Å²) < 4.78 is 5.01. The fraction of sp³-hybridized carbons (Fsp3) is 0.238. The number of imide groups is 1. The number of para-hydroxylation sites is 1. The lowest BCUT2D eigenvalue weighted by atomic mass is 10.1. The molecule has 1 unspecified atom stereocenters. The molecule has 3 rings (SSSR count). The maximum absolute atomic E-state index is 12.8. The highest BCUT2D eigenvalue weighted by Crippen LogP contribution is 2.45. The van der Waals surface area contributed by atoms with Gasteiger partial charge in [-0.1, -0.05) is 71.5 Å². The fourth-order valence-electron chi connectivity index (χ4n) is 3.22. The van der Waals surface area contributed by atoms with Gasteiger partial charge in [0, 0.05) is 5.69 Å². The number of hydrogen-bond donors (Lipinski definition) is 1. The Morgan fingerprint density at radius 2 is 1.50 bits per heavy atom. The first-order chi connectivity index (χ1) is 15.1. The van der Waals surface area contributed by atoms with Gasteiger partial charge in [0.25, 0.3) is 17.7 Å². The standard InChI is InChI=1S/C21H16Cl4N2O5/c1-3-10-6-4-5-7-11(10)26-12(28)8-32-21(31)9(2)27-19(29)13-14(20(27)30)16(23)18(25)17(24)15(13)22/h4-7,9H,3,8H2,1-2H3,(H,26,28). The maximum atomic E-state index is 12.8. The smallest absolute Gasteiger partial charge is 0.329 e. The number of carbonyl (C=O) groups is 4. The van der Waals surface area contributed by atoms with Crippen molar-refractivity contribution in [1.82, 2.24) is 4.90 Å². The highest BCUT2D eigenvalue weighted by molar-refractivity contribution is 6.55. The molecule has 1 heterocycles. The van der Waals surface area contributed by atoms with E-state index >= 15 is 0 Å². The van der Waals surface area contributed by atoms with Gasteiger partial charge in [-0.05, 0) is 25.0 Å². The summed E-state index contributed by atoms with van der Waals surface area (Å²) in [6, 6.07) is 5.84. The lowest BCUT2D eigenvalue weighted by Gasteiger charge is -2.21. The minimum absolute atomic E-state index is 0.181. The molecule has 11 heteroatoms. The molecule has 0 saturated carbocycles. The first-order valence-corrected chi connectivity index (χ1v) is 10.9. The average Bonchev–Trinajstić information content (AvgIpc) is 3.04. The number of anilines is 1. The van der Waals surface area contributed by atoms with Crippen LogP contribution in [-0.2, 0) is 20.7 Å². The molecule has 1 N–H and O–H groups in total. The van der Waals surface area contributed by atoms with E-state index in [1.165, 1.54) is 6.92 Å². The van der Waals surface area contributed by atoms with Crippen LogP contribution >= 0.6 is 46.4 Å². The number of nitrogens with one attached hydrogen (secondary N) is 1. The second kappa shape index (κ2) is 9.67. The number of hydrogen-bond acceptors (Lipinski definition) is 5. The van der Waals surface area contributed by atoms with Gasteiger partial charge in [0.05, 0.1) is 31.2 Å². The number of carbonyl (C=O) groups excluding carboxylic acids is 4. The molecule has 1 atom stereocenters. The Hall–Kier alpha value is -2.32. The Bertz CT molecular complexity index is 1100. The van der Waals surface area contributed by atoms with Crippen LogP contribution in [0.4, 0.5) is 5.69 Å². The van der Waals surface area contributed by atoms with Crippen molar-refractivity contribution in [1.29, 1.82) is 0 Å². The lowest BCUT2D eigenvalue weighted by molar-refractivity contribution is -0.150. The molecular weight excluding hydrogens is 502 g/mol. The molecule has 168 valence electrons. The summed E-state index contributed by atoms with van der Waals surface area (Å²) in [6.45, 7) is 2.61. The van der Waals surface area contributed by atoms with Crippen molar-refractivity contribution in [2.75, 3.05) is 11.9 Å². The van der Waals surface area contributed by atoms with E-state index in [0.29, 0.717) is 17.0 Å². The summed E-state index contributed by atoms with van der Waals surface area (Å²) in [5.74, 6) is -3.29. The molecule has 2 aromatic rings. The number of fused-ring (bicyclic) bond motifs is 1. The number of amides is 3. The van der Waals surface area contributed by atoms with Crippen molar-refractivity contribution in [2.24, 2.45) is 0 Å². The highest BCUT2D eigenvalue weighted by atomic mass is 35.5. The molecule has 0 aromatic heterocycles. The number of ether oxygens (including phenoxy) is 1.